The van der Waals surface area contributed by atoms with Gasteiger partial charge >= 0.3 is 5.97 Å². The molecule has 0 aliphatic carbocycles. The zero-order valence-corrected chi connectivity index (χ0v) is 16.2. The van der Waals surface area contributed by atoms with Gasteiger partial charge in [0.15, 0.2) is 0 Å². The van der Waals surface area contributed by atoms with Crippen molar-refractivity contribution in [2.24, 2.45) is 0 Å². The molecule has 0 aromatic heterocycles. The molecular formula is C21H20F3NO4. The van der Waals surface area contributed by atoms with E-state index in [1.165, 1.54) is 6.07 Å². The van der Waals surface area contributed by atoms with Crippen molar-refractivity contribution in [1.82, 2.24) is 0 Å². The fourth-order valence-corrected chi connectivity index (χ4v) is 3.01. The van der Waals surface area contributed by atoms with Gasteiger partial charge in [0.05, 0.1) is 6.61 Å². The van der Waals surface area contributed by atoms with E-state index in [0.717, 1.165) is 10.5 Å². The zero-order valence-electron chi connectivity index (χ0n) is 16.2. The van der Waals surface area contributed by atoms with E-state index in [-0.39, 0.29) is 5.69 Å². The van der Waals surface area contributed by atoms with Crippen molar-refractivity contribution in [1.29, 1.82) is 0 Å². The molecule has 0 bridgehead atoms. The van der Waals surface area contributed by atoms with Crippen molar-refractivity contribution < 1.29 is 32.2 Å². The summed E-state index contributed by atoms with van der Waals surface area (Å²) in [6, 6.07) is 5.57. The van der Waals surface area contributed by atoms with Crippen molar-refractivity contribution in [3.05, 3.63) is 58.9 Å². The molecule has 2 aromatic rings. The second-order valence-electron chi connectivity index (χ2n) is 7.61. The number of halogens is 3. The number of fused-ring (bicyclic) bond motifs is 1. The summed E-state index contributed by atoms with van der Waals surface area (Å²) in [4.78, 5) is 26.2. The second kappa shape index (κ2) is 7.77. The van der Waals surface area contributed by atoms with Crippen LogP contribution in [0, 0.1) is 17.5 Å². The Bertz CT molecular complexity index is 946. The summed E-state index contributed by atoms with van der Waals surface area (Å²) in [7, 11) is 0. The van der Waals surface area contributed by atoms with Crippen LogP contribution in [0.1, 0.15) is 36.7 Å². The molecule has 1 aliphatic heterocycles. The number of esters is 1. The van der Waals surface area contributed by atoms with Gasteiger partial charge in [-0.3, -0.25) is 14.5 Å². The highest BCUT2D eigenvalue weighted by atomic mass is 19.1. The Morgan fingerprint density at radius 1 is 1.10 bits per heavy atom. The number of carbonyl (C=O) groups is 2. The van der Waals surface area contributed by atoms with Crippen molar-refractivity contribution in [2.75, 3.05) is 18.1 Å². The van der Waals surface area contributed by atoms with E-state index >= 15 is 0 Å². The first kappa shape index (κ1) is 20.7. The number of carbonyl (C=O) groups excluding carboxylic acids is 2. The molecule has 1 aliphatic rings. The van der Waals surface area contributed by atoms with Crippen LogP contribution >= 0.6 is 0 Å². The van der Waals surface area contributed by atoms with Gasteiger partial charge < -0.3 is 9.47 Å². The number of anilines is 1. The molecule has 0 atom stereocenters. The largest absolute Gasteiger partial charge is 0.493 e. The van der Waals surface area contributed by atoms with Crippen LogP contribution < -0.4 is 9.64 Å². The van der Waals surface area contributed by atoms with Crippen LogP contribution in [0.3, 0.4) is 0 Å². The van der Waals surface area contributed by atoms with Gasteiger partial charge in [0.1, 0.15) is 40.9 Å². The molecule has 3 rings (SSSR count). The average Bonchev–Trinajstić information content (AvgIpc) is 3.04. The van der Waals surface area contributed by atoms with Crippen LogP contribution in [-0.4, -0.2) is 30.6 Å². The summed E-state index contributed by atoms with van der Waals surface area (Å²) in [6.45, 7) is 4.86. The Morgan fingerprint density at radius 3 is 2.38 bits per heavy atom. The van der Waals surface area contributed by atoms with Crippen LogP contribution in [0.15, 0.2) is 30.3 Å². The molecule has 0 N–H and O–H groups in total. The lowest BCUT2D eigenvalue weighted by Gasteiger charge is -2.26. The molecule has 1 amide bonds. The smallest absolute Gasteiger partial charge is 0.326 e. The van der Waals surface area contributed by atoms with Gasteiger partial charge in [0.2, 0.25) is 0 Å². The molecule has 0 saturated heterocycles. The standard InChI is InChI=1S/C21H20F3NO4/c1-21(2,3)29-18(26)11-25(14-4-5-17-12(8-14)6-7-28-17)20(27)19-15(23)9-13(22)10-16(19)24/h4-5,8-10H,6-7,11H2,1-3H3. The van der Waals surface area contributed by atoms with E-state index in [1.54, 1.807) is 32.9 Å². The number of benzene rings is 2. The highest BCUT2D eigenvalue weighted by Crippen LogP contribution is 2.31. The van der Waals surface area contributed by atoms with E-state index in [0.29, 0.717) is 30.9 Å². The molecule has 29 heavy (non-hydrogen) atoms. The topological polar surface area (TPSA) is 55.8 Å². The maximum Gasteiger partial charge on any atom is 0.326 e. The molecular weight excluding hydrogens is 387 g/mol. The highest BCUT2D eigenvalue weighted by Gasteiger charge is 2.29. The molecule has 0 fully saturated rings. The monoisotopic (exact) mass is 407 g/mol. The van der Waals surface area contributed by atoms with Gasteiger partial charge in [0, 0.05) is 24.2 Å². The van der Waals surface area contributed by atoms with Crippen molar-refractivity contribution in [3.8, 4) is 5.75 Å². The summed E-state index contributed by atoms with van der Waals surface area (Å²) >= 11 is 0. The summed E-state index contributed by atoms with van der Waals surface area (Å²) in [5.74, 6) is -5.10. The van der Waals surface area contributed by atoms with Gasteiger partial charge in [-0.1, -0.05) is 0 Å². The SMILES string of the molecule is CC(C)(C)OC(=O)CN(C(=O)c1c(F)cc(F)cc1F)c1ccc2c(c1)CCO2. The third-order valence-electron chi connectivity index (χ3n) is 4.16. The Kier molecular flexibility index (Phi) is 5.55. The first-order valence-corrected chi connectivity index (χ1v) is 8.99. The minimum Gasteiger partial charge on any atom is -0.493 e. The molecule has 5 nitrogen and oxygen atoms in total. The van der Waals surface area contributed by atoms with Gasteiger partial charge in [-0.05, 0) is 44.5 Å². The Hall–Kier alpha value is -3.03. The predicted octanol–water partition coefficient (Wildman–Crippen LogP) is 4.03. The third-order valence-corrected chi connectivity index (χ3v) is 4.16. The minimum atomic E-state index is -1.36. The highest BCUT2D eigenvalue weighted by molar-refractivity contribution is 6.08. The van der Waals surface area contributed by atoms with Crippen molar-refractivity contribution in [2.45, 2.75) is 32.8 Å². The lowest BCUT2D eigenvalue weighted by atomic mass is 10.1. The molecule has 1 heterocycles. The summed E-state index contributed by atoms with van der Waals surface area (Å²) in [5, 5.41) is 0. The summed E-state index contributed by atoms with van der Waals surface area (Å²) in [5.41, 5.74) is -0.728. The van der Waals surface area contributed by atoms with E-state index in [9.17, 15) is 22.8 Å². The lowest BCUT2D eigenvalue weighted by molar-refractivity contribution is -0.152. The van der Waals surface area contributed by atoms with Crippen LogP contribution in [0.5, 0.6) is 5.75 Å². The molecule has 0 unspecified atom stereocenters. The van der Waals surface area contributed by atoms with Crippen molar-refractivity contribution in [3.63, 3.8) is 0 Å². The van der Waals surface area contributed by atoms with Crippen LogP contribution in [-0.2, 0) is 16.0 Å². The number of nitrogens with zero attached hydrogens (tertiary/aromatic N) is 1. The number of ether oxygens (including phenoxy) is 2. The maximum absolute atomic E-state index is 14.2. The lowest BCUT2D eigenvalue weighted by Crippen LogP contribution is -2.39. The maximum atomic E-state index is 14.2. The predicted molar refractivity (Wildman–Crippen MR) is 99.5 cm³/mol. The van der Waals surface area contributed by atoms with Gasteiger partial charge in [-0.25, -0.2) is 13.2 Å². The second-order valence-corrected chi connectivity index (χ2v) is 7.61. The molecule has 0 saturated carbocycles. The number of amides is 1. The molecule has 0 radical (unpaired) electrons. The fourth-order valence-electron chi connectivity index (χ4n) is 3.01. The first-order valence-electron chi connectivity index (χ1n) is 8.99. The van der Waals surface area contributed by atoms with Gasteiger partial charge in [0.25, 0.3) is 5.91 Å². The quantitative estimate of drug-likeness (QED) is 0.719. The number of hydrogen-bond acceptors (Lipinski definition) is 4. The molecule has 2 aromatic carbocycles. The third kappa shape index (κ3) is 4.70. The Balaban J connectivity index is 2.01. The Morgan fingerprint density at radius 2 is 1.76 bits per heavy atom. The molecule has 0 spiro atoms. The number of rotatable bonds is 4. The van der Waals surface area contributed by atoms with E-state index in [4.69, 9.17) is 9.47 Å². The number of hydrogen-bond donors (Lipinski definition) is 0. The van der Waals surface area contributed by atoms with E-state index in [1.807, 2.05) is 0 Å². The average molecular weight is 407 g/mol. The van der Waals surface area contributed by atoms with Crippen LogP contribution in [0.25, 0.3) is 0 Å². The summed E-state index contributed by atoms with van der Waals surface area (Å²) < 4.78 is 52.3. The van der Waals surface area contributed by atoms with Gasteiger partial charge in [-0.15, -0.1) is 0 Å². The summed E-state index contributed by atoms with van der Waals surface area (Å²) in [6.07, 6.45) is 0.594. The van der Waals surface area contributed by atoms with Crippen LogP contribution in [0.4, 0.5) is 18.9 Å². The van der Waals surface area contributed by atoms with E-state index in [2.05, 4.69) is 0 Å². The normalized spacial score (nSPS) is 12.9. The van der Waals surface area contributed by atoms with Crippen molar-refractivity contribution >= 4 is 17.6 Å². The van der Waals surface area contributed by atoms with E-state index < -0.39 is 47.0 Å². The zero-order chi connectivity index (χ0) is 21.3. The molecule has 8 heteroatoms. The first-order chi connectivity index (χ1) is 13.5. The fraction of sp³-hybridized carbons (Fsp3) is 0.333. The van der Waals surface area contributed by atoms with Crippen LogP contribution in [0.2, 0.25) is 0 Å². The minimum absolute atomic E-state index is 0.244. The van der Waals surface area contributed by atoms with Gasteiger partial charge in [-0.2, -0.15) is 0 Å². The molecule has 154 valence electrons. The Labute approximate surface area is 166 Å².